The van der Waals surface area contributed by atoms with Crippen LogP contribution in [0.5, 0.6) is 0 Å². The van der Waals surface area contributed by atoms with E-state index in [9.17, 15) is 0 Å². The van der Waals surface area contributed by atoms with Gasteiger partial charge in [0, 0.05) is 11.6 Å². The SMILES string of the molecule is CCCc1cccc(-c2nc(CC)c(NC(CC)CC)nc2CC)c1Cl. The molecular formula is C22H32ClN3. The smallest absolute Gasteiger partial charge is 0.148 e. The molecule has 0 saturated carbocycles. The summed E-state index contributed by atoms with van der Waals surface area (Å²) in [5.74, 6) is 0.933. The summed E-state index contributed by atoms with van der Waals surface area (Å²) >= 11 is 6.73. The van der Waals surface area contributed by atoms with Gasteiger partial charge in [-0.3, -0.25) is 0 Å². The number of halogens is 1. The van der Waals surface area contributed by atoms with Gasteiger partial charge in [-0.05, 0) is 37.7 Å². The predicted octanol–water partition coefficient (Wildman–Crippen LogP) is 6.47. The molecule has 0 aliphatic carbocycles. The largest absolute Gasteiger partial charge is 0.366 e. The van der Waals surface area contributed by atoms with Crippen molar-refractivity contribution in [1.82, 2.24) is 9.97 Å². The highest BCUT2D eigenvalue weighted by molar-refractivity contribution is 6.34. The van der Waals surface area contributed by atoms with Crippen molar-refractivity contribution in [3.05, 3.63) is 40.2 Å². The van der Waals surface area contributed by atoms with Crippen LogP contribution in [0, 0.1) is 0 Å². The Morgan fingerprint density at radius 1 is 0.962 bits per heavy atom. The molecule has 0 aliphatic rings. The number of anilines is 1. The summed E-state index contributed by atoms with van der Waals surface area (Å²) in [6.45, 7) is 10.8. The second kappa shape index (κ2) is 9.91. The highest BCUT2D eigenvalue weighted by Gasteiger charge is 2.18. The summed E-state index contributed by atoms with van der Waals surface area (Å²) in [6, 6.07) is 6.69. The number of hydrogen-bond acceptors (Lipinski definition) is 3. The van der Waals surface area contributed by atoms with Gasteiger partial charge in [-0.2, -0.15) is 0 Å². The first kappa shape index (κ1) is 20.7. The zero-order valence-electron chi connectivity index (χ0n) is 16.8. The van der Waals surface area contributed by atoms with Crippen LogP contribution >= 0.6 is 11.6 Å². The Balaban J connectivity index is 2.55. The summed E-state index contributed by atoms with van der Waals surface area (Å²) in [4.78, 5) is 9.97. The van der Waals surface area contributed by atoms with Gasteiger partial charge in [0.2, 0.25) is 0 Å². The highest BCUT2D eigenvalue weighted by Crippen LogP contribution is 2.33. The van der Waals surface area contributed by atoms with Gasteiger partial charge < -0.3 is 5.32 Å². The fourth-order valence-electron chi connectivity index (χ4n) is 3.24. The Bertz CT molecular complexity index is 724. The third-order valence-electron chi connectivity index (χ3n) is 4.89. The summed E-state index contributed by atoms with van der Waals surface area (Å²) in [5, 5.41) is 4.41. The van der Waals surface area contributed by atoms with E-state index in [0.29, 0.717) is 6.04 Å². The molecule has 1 heterocycles. The lowest BCUT2D eigenvalue weighted by Crippen LogP contribution is -2.20. The molecule has 0 aliphatic heterocycles. The van der Waals surface area contributed by atoms with Crippen LogP contribution in [0.25, 0.3) is 11.3 Å². The van der Waals surface area contributed by atoms with Crippen LogP contribution < -0.4 is 5.32 Å². The molecule has 1 aromatic carbocycles. The summed E-state index contributed by atoms with van der Waals surface area (Å²) in [7, 11) is 0. The molecule has 0 amide bonds. The van der Waals surface area contributed by atoms with Gasteiger partial charge in [0.15, 0.2) is 0 Å². The minimum Gasteiger partial charge on any atom is -0.366 e. The Kier molecular flexibility index (Phi) is 7.89. The van der Waals surface area contributed by atoms with Crippen molar-refractivity contribution in [2.75, 3.05) is 5.32 Å². The molecule has 26 heavy (non-hydrogen) atoms. The molecule has 0 saturated heterocycles. The van der Waals surface area contributed by atoms with Gasteiger partial charge in [-0.1, -0.05) is 70.8 Å². The summed E-state index contributed by atoms with van der Waals surface area (Å²) < 4.78 is 0. The molecule has 0 atom stereocenters. The average molecular weight is 374 g/mol. The zero-order chi connectivity index (χ0) is 19.1. The van der Waals surface area contributed by atoms with Gasteiger partial charge in [0.25, 0.3) is 0 Å². The lowest BCUT2D eigenvalue weighted by Gasteiger charge is -2.20. The lowest BCUT2D eigenvalue weighted by molar-refractivity contribution is 0.665. The van der Waals surface area contributed by atoms with E-state index < -0.39 is 0 Å². The molecule has 1 N–H and O–H groups in total. The fraction of sp³-hybridized carbons (Fsp3) is 0.545. The van der Waals surface area contributed by atoms with Crippen LogP contribution in [-0.4, -0.2) is 16.0 Å². The van der Waals surface area contributed by atoms with E-state index in [2.05, 4.69) is 58.1 Å². The van der Waals surface area contributed by atoms with Crippen LogP contribution in [-0.2, 0) is 19.3 Å². The van der Waals surface area contributed by atoms with Crippen molar-refractivity contribution >= 4 is 17.4 Å². The first-order valence-electron chi connectivity index (χ1n) is 10.0. The molecule has 0 unspecified atom stereocenters. The number of benzene rings is 1. The average Bonchev–Trinajstić information content (AvgIpc) is 2.67. The molecule has 0 bridgehead atoms. The molecular weight excluding hydrogens is 342 g/mol. The molecule has 2 aromatic rings. The number of nitrogens with one attached hydrogen (secondary N) is 1. The van der Waals surface area contributed by atoms with Crippen LogP contribution in [0.3, 0.4) is 0 Å². The second-order valence-electron chi connectivity index (χ2n) is 6.71. The Labute approximate surface area is 163 Å². The number of aromatic nitrogens is 2. The van der Waals surface area contributed by atoms with E-state index in [0.717, 1.165) is 72.0 Å². The van der Waals surface area contributed by atoms with Crippen LogP contribution in [0.15, 0.2) is 18.2 Å². The fourth-order valence-corrected chi connectivity index (χ4v) is 3.55. The van der Waals surface area contributed by atoms with Crippen molar-refractivity contribution in [3.8, 4) is 11.3 Å². The molecule has 0 radical (unpaired) electrons. The maximum absolute atomic E-state index is 6.73. The van der Waals surface area contributed by atoms with Crippen molar-refractivity contribution in [2.24, 2.45) is 0 Å². The topological polar surface area (TPSA) is 37.8 Å². The van der Waals surface area contributed by atoms with Gasteiger partial charge in [0.1, 0.15) is 5.82 Å². The Morgan fingerprint density at radius 2 is 1.65 bits per heavy atom. The number of nitrogens with zero attached hydrogens (tertiary/aromatic N) is 2. The standard InChI is InChI=1S/C22H32ClN3/c1-6-12-15-13-11-14-17(20(15)23)21-18(9-4)26-22(19(10-5)25-21)24-16(7-2)8-3/h11,13-14,16H,6-10,12H2,1-5H3,(H,24,26). The normalized spacial score (nSPS) is 11.2. The monoisotopic (exact) mass is 373 g/mol. The number of aryl methyl sites for hydroxylation is 3. The molecule has 1 aromatic heterocycles. The minimum absolute atomic E-state index is 0.432. The lowest BCUT2D eigenvalue weighted by atomic mass is 10.0. The van der Waals surface area contributed by atoms with E-state index in [4.69, 9.17) is 21.6 Å². The zero-order valence-corrected chi connectivity index (χ0v) is 17.6. The van der Waals surface area contributed by atoms with E-state index >= 15 is 0 Å². The third kappa shape index (κ3) is 4.56. The first-order valence-corrected chi connectivity index (χ1v) is 10.4. The first-order chi connectivity index (χ1) is 12.6. The van der Waals surface area contributed by atoms with Crippen molar-refractivity contribution in [2.45, 2.75) is 79.2 Å². The molecule has 0 spiro atoms. The van der Waals surface area contributed by atoms with E-state index in [-0.39, 0.29) is 0 Å². The van der Waals surface area contributed by atoms with E-state index in [1.54, 1.807) is 0 Å². The highest BCUT2D eigenvalue weighted by atomic mass is 35.5. The number of rotatable bonds is 9. The van der Waals surface area contributed by atoms with Crippen LogP contribution in [0.2, 0.25) is 5.02 Å². The van der Waals surface area contributed by atoms with Crippen molar-refractivity contribution in [1.29, 1.82) is 0 Å². The van der Waals surface area contributed by atoms with Gasteiger partial charge in [0.05, 0.1) is 22.1 Å². The van der Waals surface area contributed by atoms with Crippen molar-refractivity contribution in [3.63, 3.8) is 0 Å². The van der Waals surface area contributed by atoms with E-state index in [1.165, 1.54) is 5.56 Å². The van der Waals surface area contributed by atoms with Crippen molar-refractivity contribution < 1.29 is 0 Å². The quantitative estimate of drug-likeness (QED) is 0.546. The molecule has 142 valence electrons. The maximum Gasteiger partial charge on any atom is 0.148 e. The van der Waals surface area contributed by atoms with E-state index in [1.807, 2.05) is 0 Å². The number of hydrogen-bond donors (Lipinski definition) is 1. The van der Waals surface area contributed by atoms with Crippen LogP contribution in [0.4, 0.5) is 5.82 Å². The van der Waals surface area contributed by atoms with Gasteiger partial charge >= 0.3 is 0 Å². The predicted molar refractivity (Wildman–Crippen MR) is 113 cm³/mol. The molecule has 4 heteroatoms. The maximum atomic E-state index is 6.73. The van der Waals surface area contributed by atoms with Crippen LogP contribution in [0.1, 0.15) is 70.8 Å². The Morgan fingerprint density at radius 3 is 2.23 bits per heavy atom. The van der Waals surface area contributed by atoms with Gasteiger partial charge in [-0.15, -0.1) is 0 Å². The molecule has 2 rings (SSSR count). The summed E-state index contributed by atoms with van der Waals surface area (Å²) in [6.07, 6.45) is 5.90. The Hall–Kier alpha value is -1.61. The van der Waals surface area contributed by atoms with Gasteiger partial charge in [-0.25, -0.2) is 9.97 Å². The second-order valence-corrected chi connectivity index (χ2v) is 7.09. The minimum atomic E-state index is 0.432. The molecule has 0 fully saturated rings. The summed E-state index contributed by atoms with van der Waals surface area (Å²) in [5.41, 5.74) is 5.15. The third-order valence-corrected chi connectivity index (χ3v) is 5.34. The molecule has 3 nitrogen and oxygen atoms in total.